The van der Waals surface area contributed by atoms with E-state index in [0.29, 0.717) is 49.3 Å². The molecule has 0 saturated carbocycles. The summed E-state index contributed by atoms with van der Waals surface area (Å²) in [6.07, 6.45) is 1.67. The number of benzene rings is 2. The molecule has 2 fully saturated rings. The SMILES string of the molecule is CC12CCC(=O)N1c1ccccc1C(=O)N2CC(=O)N1CCCN(c2ccc(C#N)cc2)CC1. The quantitative estimate of drug-likeness (QED) is 0.707. The molecule has 8 nitrogen and oxygen atoms in total. The van der Waals surface area contributed by atoms with Crippen molar-refractivity contribution in [1.29, 1.82) is 5.26 Å². The Labute approximate surface area is 198 Å². The lowest BCUT2D eigenvalue weighted by Crippen LogP contribution is -2.64. The fraction of sp³-hybridized carbons (Fsp3) is 0.385. The molecule has 0 spiro atoms. The summed E-state index contributed by atoms with van der Waals surface area (Å²) in [4.78, 5) is 46.9. The van der Waals surface area contributed by atoms with Gasteiger partial charge < -0.3 is 14.7 Å². The highest BCUT2D eigenvalue weighted by atomic mass is 16.2. The summed E-state index contributed by atoms with van der Waals surface area (Å²) in [5.74, 6) is -0.325. The topological polar surface area (TPSA) is 88.0 Å². The van der Waals surface area contributed by atoms with Crippen LogP contribution in [-0.4, -0.2) is 65.9 Å². The molecular formula is C26H27N5O3. The molecule has 0 radical (unpaired) electrons. The number of para-hydroxylation sites is 1. The third kappa shape index (κ3) is 3.58. The molecule has 1 unspecified atom stereocenters. The average Bonchev–Trinajstić information content (AvgIpc) is 3.02. The van der Waals surface area contributed by atoms with Gasteiger partial charge in [0.2, 0.25) is 11.8 Å². The van der Waals surface area contributed by atoms with Gasteiger partial charge in [0.1, 0.15) is 12.2 Å². The maximum Gasteiger partial charge on any atom is 0.258 e. The molecule has 2 aromatic rings. The van der Waals surface area contributed by atoms with Gasteiger partial charge in [0.05, 0.1) is 22.9 Å². The van der Waals surface area contributed by atoms with Gasteiger partial charge >= 0.3 is 0 Å². The fourth-order valence-electron chi connectivity index (χ4n) is 5.35. The Morgan fingerprint density at radius 3 is 2.56 bits per heavy atom. The highest BCUT2D eigenvalue weighted by Gasteiger charge is 2.53. The Morgan fingerprint density at radius 2 is 1.79 bits per heavy atom. The van der Waals surface area contributed by atoms with Gasteiger partial charge in [0.25, 0.3) is 5.91 Å². The number of nitrogens with zero attached hydrogens (tertiary/aromatic N) is 5. The molecule has 174 valence electrons. The highest BCUT2D eigenvalue weighted by Crippen LogP contribution is 2.43. The van der Waals surface area contributed by atoms with Gasteiger partial charge in [-0.15, -0.1) is 0 Å². The van der Waals surface area contributed by atoms with E-state index in [9.17, 15) is 14.4 Å². The van der Waals surface area contributed by atoms with Crippen molar-refractivity contribution in [2.45, 2.75) is 31.8 Å². The van der Waals surface area contributed by atoms with Gasteiger partial charge in [-0.3, -0.25) is 19.3 Å². The monoisotopic (exact) mass is 457 g/mol. The number of nitriles is 1. The molecular weight excluding hydrogens is 430 g/mol. The van der Waals surface area contributed by atoms with E-state index in [-0.39, 0.29) is 24.3 Å². The van der Waals surface area contributed by atoms with E-state index in [1.54, 1.807) is 40.1 Å². The first-order valence-electron chi connectivity index (χ1n) is 11.7. The molecule has 3 amide bonds. The minimum Gasteiger partial charge on any atom is -0.370 e. The lowest BCUT2D eigenvalue weighted by atomic mass is 9.98. The van der Waals surface area contributed by atoms with Crippen LogP contribution in [0.15, 0.2) is 48.5 Å². The molecule has 0 aliphatic carbocycles. The second-order valence-electron chi connectivity index (χ2n) is 9.23. The number of rotatable bonds is 3. The zero-order chi connectivity index (χ0) is 23.9. The van der Waals surface area contributed by atoms with Crippen molar-refractivity contribution in [3.63, 3.8) is 0 Å². The first kappa shape index (κ1) is 22.0. The molecule has 34 heavy (non-hydrogen) atoms. The largest absolute Gasteiger partial charge is 0.370 e. The van der Waals surface area contributed by atoms with E-state index in [2.05, 4.69) is 11.0 Å². The Hall–Kier alpha value is -3.86. The number of carbonyl (C=O) groups is 3. The fourth-order valence-corrected chi connectivity index (χ4v) is 5.35. The zero-order valence-electron chi connectivity index (χ0n) is 19.2. The minimum atomic E-state index is -0.835. The first-order valence-corrected chi connectivity index (χ1v) is 11.7. The van der Waals surface area contributed by atoms with E-state index in [0.717, 1.165) is 18.7 Å². The van der Waals surface area contributed by atoms with Crippen molar-refractivity contribution in [3.05, 3.63) is 59.7 Å². The van der Waals surface area contributed by atoms with Gasteiger partial charge in [-0.2, -0.15) is 5.26 Å². The van der Waals surface area contributed by atoms with Gasteiger partial charge in [0.15, 0.2) is 0 Å². The van der Waals surface area contributed by atoms with Crippen molar-refractivity contribution >= 4 is 29.1 Å². The predicted molar refractivity (Wildman–Crippen MR) is 127 cm³/mol. The van der Waals surface area contributed by atoms with Crippen LogP contribution < -0.4 is 9.80 Å². The van der Waals surface area contributed by atoms with E-state index in [1.807, 2.05) is 30.0 Å². The van der Waals surface area contributed by atoms with Crippen LogP contribution in [0.5, 0.6) is 0 Å². The van der Waals surface area contributed by atoms with Crippen LogP contribution in [0.1, 0.15) is 42.1 Å². The Morgan fingerprint density at radius 1 is 1.03 bits per heavy atom. The Bertz CT molecular complexity index is 1190. The van der Waals surface area contributed by atoms with E-state index in [4.69, 9.17) is 5.26 Å². The number of hydrogen-bond acceptors (Lipinski definition) is 5. The van der Waals surface area contributed by atoms with Gasteiger partial charge in [0, 0.05) is 38.3 Å². The molecule has 8 heteroatoms. The van der Waals surface area contributed by atoms with Crippen molar-refractivity contribution in [2.24, 2.45) is 0 Å². The lowest BCUT2D eigenvalue weighted by Gasteiger charge is -2.48. The van der Waals surface area contributed by atoms with Crippen LogP contribution in [0.2, 0.25) is 0 Å². The summed E-state index contributed by atoms with van der Waals surface area (Å²) >= 11 is 0. The smallest absolute Gasteiger partial charge is 0.258 e. The van der Waals surface area contributed by atoms with E-state index in [1.165, 1.54) is 0 Å². The number of amides is 3. The first-order chi connectivity index (χ1) is 16.4. The van der Waals surface area contributed by atoms with E-state index < -0.39 is 5.66 Å². The number of fused-ring (bicyclic) bond motifs is 3. The zero-order valence-corrected chi connectivity index (χ0v) is 19.2. The predicted octanol–water partition coefficient (Wildman–Crippen LogP) is 2.60. The van der Waals surface area contributed by atoms with Crippen LogP contribution in [0.3, 0.4) is 0 Å². The third-order valence-corrected chi connectivity index (χ3v) is 7.25. The van der Waals surface area contributed by atoms with Crippen molar-refractivity contribution < 1.29 is 14.4 Å². The summed E-state index contributed by atoms with van der Waals surface area (Å²) in [5.41, 5.74) is 1.91. The summed E-state index contributed by atoms with van der Waals surface area (Å²) < 4.78 is 0. The molecule has 2 saturated heterocycles. The number of anilines is 2. The van der Waals surface area contributed by atoms with Crippen molar-refractivity contribution in [2.75, 3.05) is 42.5 Å². The van der Waals surface area contributed by atoms with Crippen LogP contribution >= 0.6 is 0 Å². The van der Waals surface area contributed by atoms with Crippen LogP contribution in [0, 0.1) is 11.3 Å². The molecule has 0 N–H and O–H groups in total. The highest BCUT2D eigenvalue weighted by molar-refractivity contribution is 6.11. The molecule has 2 aromatic carbocycles. The minimum absolute atomic E-state index is 0.0206. The van der Waals surface area contributed by atoms with E-state index >= 15 is 0 Å². The van der Waals surface area contributed by atoms with Crippen LogP contribution in [0.25, 0.3) is 0 Å². The summed E-state index contributed by atoms with van der Waals surface area (Å²) in [5, 5.41) is 9.02. The maximum atomic E-state index is 13.4. The summed E-state index contributed by atoms with van der Waals surface area (Å²) in [6, 6.07) is 16.8. The second-order valence-corrected chi connectivity index (χ2v) is 9.23. The number of hydrogen-bond donors (Lipinski definition) is 0. The normalized spacial score (nSPS) is 22.2. The molecule has 1 atom stereocenters. The molecule has 3 aliphatic heterocycles. The second kappa shape index (κ2) is 8.49. The van der Waals surface area contributed by atoms with Crippen LogP contribution in [0.4, 0.5) is 11.4 Å². The molecule has 5 rings (SSSR count). The average molecular weight is 458 g/mol. The molecule has 0 aromatic heterocycles. The number of carbonyl (C=O) groups excluding carboxylic acids is 3. The Balaban J connectivity index is 1.32. The molecule has 0 bridgehead atoms. The van der Waals surface area contributed by atoms with Gasteiger partial charge in [-0.05, 0) is 56.2 Å². The lowest BCUT2D eigenvalue weighted by molar-refractivity contribution is -0.133. The standard InChI is InChI=1S/C26H27N5O3/c1-26-12-11-23(32)31(26)22-6-3-2-5-21(22)25(34)30(26)18-24(33)29-14-4-13-28(15-16-29)20-9-7-19(17-27)8-10-20/h2-3,5-10H,4,11-16,18H2,1H3. The third-order valence-electron chi connectivity index (χ3n) is 7.25. The maximum absolute atomic E-state index is 13.4. The van der Waals surface area contributed by atoms with Crippen LogP contribution in [-0.2, 0) is 9.59 Å². The van der Waals surface area contributed by atoms with Gasteiger partial charge in [-0.1, -0.05) is 12.1 Å². The summed E-state index contributed by atoms with van der Waals surface area (Å²) in [6.45, 7) is 4.49. The summed E-state index contributed by atoms with van der Waals surface area (Å²) in [7, 11) is 0. The van der Waals surface area contributed by atoms with Gasteiger partial charge in [-0.25, -0.2) is 0 Å². The van der Waals surface area contributed by atoms with Crippen molar-refractivity contribution in [3.8, 4) is 6.07 Å². The Kier molecular flexibility index (Phi) is 5.48. The molecule has 3 heterocycles. The molecule has 3 aliphatic rings. The van der Waals surface area contributed by atoms with Crippen molar-refractivity contribution in [1.82, 2.24) is 9.80 Å².